The smallest absolute Gasteiger partial charge is 0.328 e. The molecule has 0 aliphatic heterocycles. The second-order valence-corrected chi connectivity index (χ2v) is 7.25. The molecule has 0 bridgehead atoms. The number of nitro benzene ring substituents is 1. The van der Waals surface area contributed by atoms with E-state index in [0.717, 1.165) is 22.3 Å². The van der Waals surface area contributed by atoms with Crippen LogP contribution in [-0.2, 0) is 11.2 Å². The molecule has 0 saturated carbocycles. The molecular formula is C21H19N3O4S. The summed E-state index contributed by atoms with van der Waals surface area (Å²) in [6, 6.07) is 12.5. The number of rotatable bonds is 8. The van der Waals surface area contributed by atoms with Crippen molar-refractivity contribution < 1.29 is 14.8 Å². The zero-order valence-electron chi connectivity index (χ0n) is 15.7. The summed E-state index contributed by atoms with van der Waals surface area (Å²) in [6.45, 7) is 2.60. The SMILES string of the molecule is Cc1ccc(-c2nc(CCNc3ccc([N+](=O)[O-])cc3C=CC(=O)O)cs2)cc1. The van der Waals surface area contributed by atoms with Crippen LogP contribution in [0.2, 0.25) is 0 Å². The van der Waals surface area contributed by atoms with Crippen LogP contribution in [0.4, 0.5) is 11.4 Å². The van der Waals surface area contributed by atoms with Gasteiger partial charge in [-0.2, -0.15) is 0 Å². The van der Waals surface area contributed by atoms with Crippen molar-refractivity contribution in [1.82, 2.24) is 4.98 Å². The maximum Gasteiger partial charge on any atom is 0.328 e. The molecule has 0 fully saturated rings. The molecule has 8 heteroatoms. The standard InChI is InChI=1S/C21H19N3O4S/c1-14-2-4-15(5-3-14)21-23-17(13-29-21)10-11-22-19-8-7-18(24(27)28)12-16(19)6-9-20(25)26/h2-9,12-13,22H,10-11H2,1H3,(H,25,26). The van der Waals surface area contributed by atoms with Gasteiger partial charge in [-0.3, -0.25) is 10.1 Å². The number of thiazole rings is 1. The highest BCUT2D eigenvalue weighted by atomic mass is 32.1. The number of aryl methyl sites for hydroxylation is 1. The van der Waals surface area contributed by atoms with E-state index in [1.54, 1.807) is 17.4 Å². The number of anilines is 1. The van der Waals surface area contributed by atoms with E-state index in [0.29, 0.717) is 24.2 Å². The Morgan fingerprint density at radius 3 is 2.72 bits per heavy atom. The molecule has 2 N–H and O–H groups in total. The zero-order valence-corrected chi connectivity index (χ0v) is 16.5. The summed E-state index contributed by atoms with van der Waals surface area (Å²) in [7, 11) is 0. The minimum absolute atomic E-state index is 0.0946. The first-order chi connectivity index (χ1) is 13.9. The van der Waals surface area contributed by atoms with Crippen LogP contribution in [0, 0.1) is 17.0 Å². The van der Waals surface area contributed by atoms with Gasteiger partial charge in [0.05, 0.1) is 10.6 Å². The third-order valence-corrected chi connectivity index (χ3v) is 5.14. The number of benzene rings is 2. The summed E-state index contributed by atoms with van der Waals surface area (Å²) in [4.78, 5) is 25.9. The van der Waals surface area contributed by atoms with Gasteiger partial charge in [0.15, 0.2) is 0 Å². The average Bonchev–Trinajstić information content (AvgIpc) is 3.16. The van der Waals surface area contributed by atoms with Crippen molar-refractivity contribution in [2.45, 2.75) is 13.3 Å². The minimum Gasteiger partial charge on any atom is -0.478 e. The largest absolute Gasteiger partial charge is 0.478 e. The van der Waals surface area contributed by atoms with Crippen molar-refractivity contribution in [3.8, 4) is 10.6 Å². The Labute approximate surface area is 171 Å². The Balaban J connectivity index is 1.67. The Hall–Kier alpha value is -3.52. The van der Waals surface area contributed by atoms with Crippen LogP contribution >= 0.6 is 11.3 Å². The molecule has 0 unspecified atom stereocenters. The van der Waals surface area contributed by atoms with E-state index in [1.165, 1.54) is 23.8 Å². The predicted octanol–water partition coefficient (Wildman–Crippen LogP) is 4.78. The number of non-ortho nitro benzene ring substituents is 1. The summed E-state index contributed by atoms with van der Waals surface area (Å²) >= 11 is 1.58. The fourth-order valence-corrected chi connectivity index (χ4v) is 3.56. The highest BCUT2D eigenvalue weighted by Crippen LogP contribution is 2.25. The molecule has 148 valence electrons. The first kappa shape index (κ1) is 20.2. The van der Waals surface area contributed by atoms with Gasteiger partial charge in [0.25, 0.3) is 5.69 Å². The molecule has 0 spiro atoms. The van der Waals surface area contributed by atoms with Gasteiger partial charge in [0.2, 0.25) is 0 Å². The fourth-order valence-electron chi connectivity index (χ4n) is 2.70. The number of nitrogens with one attached hydrogen (secondary N) is 1. The summed E-state index contributed by atoms with van der Waals surface area (Å²) in [5, 5.41) is 26.0. The lowest BCUT2D eigenvalue weighted by Gasteiger charge is -2.09. The Bertz CT molecular complexity index is 1060. The minimum atomic E-state index is -1.12. The second-order valence-electron chi connectivity index (χ2n) is 6.39. The predicted molar refractivity (Wildman–Crippen MR) is 114 cm³/mol. The number of carboxylic acid groups (broad SMARTS) is 1. The molecule has 0 radical (unpaired) electrons. The van der Waals surface area contributed by atoms with Gasteiger partial charge in [0.1, 0.15) is 5.01 Å². The molecule has 0 aliphatic carbocycles. The van der Waals surface area contributed by atoms with Gasteiger partial charge in [0, 0.05) is 53.4 Å². The van der Waals surface area contributed by atoms with Gasteiger partial charge >= 0.3 is 5.97 Å². The highest BCUT2D eigenvalue weighted by molar-refractivity contribution is 7.13. The molecule has 0 aliphatic rings. The number of aromatic nitrogens is 1. The van der Waals surface area contributed by atoms with E-state index in [9.17, 15) is 14.9 Å². The Morgan fingerprint density at radius 2 is 2.03 bits per heavy atom. The lowest BCUT2D eigenvalue weighted by Crippen LogP contribution is -2.06. The summed E-state index contributed by atoms with van der Waals surface area (Å²) in [5.41, 5.74) is 4.20. The van der Waals surface area contributed by atoms with Crippen LogP contribution in [-0.4, -0.2) is 27.5 Å². The van der Waals surface area contributed by atoms with Crippen molar-refractivity contribution in [1.29, 1.82) is 0 Å². The monoisotopic (exact) mass is 409 g/mol. The molecule has 2 aromatic carbocycles. The number of aliphatic carboxylic acids is 1. The van der Waals surface area contributed by atoms with E-state index in [4.69, 9.17) is 5.11 Å². The molecule has 1 aromatic heterocycles. The average molecular weight is 409 g/mol. The van der Waals surface area contributed by atoms with E-state index in [-0.39, 0.29) is 5.69 Å². The molecule has 3 rings (SSSR count). The number of carboxylic acids is 1. The van der Waals surface area contributed by atoms with Crippen molar-refractivity contribution in [3.63, 3.8) is 0 Å². The maximum atomic E-state index is 11.0. The van der Waals surface area contributed by atoms with E-state index < -0.39 is 10.9 Å². The Kier molecular flexibility index (Phi) is 6.36. The summed E-state index contributed by atoms with van der Waals surface area (Å²) in [6.07, 6.45) is 2.97. The second kappa shape index (κ2) is 9.11. The molecule has 29 heavy (non-hydrogen) atoms. The number of hydrogen-bond acceptors (Lipinski definition) is 6. The van der Waals surface area contributed by atoms with Gasteiger partial charge in [-0.1, -0.05) is 29.8 Å². The van der Waals surface area contributed by atoms with Crippen LogP contribution in [0.15, 0.2) is 53.9 Å². The van der Waals surface area contributed by atoms with Gasteiger partial charge in [-0.25, -0.2) is 9.78 Å². The van der Waals surface area contributed by atoms with Crippen LogP contribution in [0.5, 0.6) is 0 Å². The molecule has 1 heterocycles. The first-order valence-corrected chi connectivity index (χ1v) is 9.75. The van der Waals surface area contributed by atoms with E-state index in [1.807, 2.05) is 24.4 Å². The highest BCUT2D eigenvalue weighted by Gasteiger charge is 2.10. The first-order valence-electron chi connectivity index (χ1n) is 8.87. The lowest BCUT2D eigenvalue weighted by atomic mass is 10.1. The normalized spacial score (nSPS) is 10.9. The van der Waals surface area contributed by atoms with E-state index in [2.05, 4.69) is 22.4 Å². The molecule has 7 nitrogen and oxygen atoms in total. The molecular weight excluding hydrogens is 390 g/mol. The molecule has 0 atom stereocenters. The van der Waals surface area contributed by atoms with Gasteiger partial charge < -0.3 is 10.4 Å². The topological polar surface area (TPSA) is 105 Å². The lowest BCUT2D eigenvalue weighted by molar-refractivity contribution is -0.384. The van der Waals surface area contributed by atoms with Crippen molar-refractivity contribution in [3.05, 3.63) is 80.9 Å². The van der Waals surface area contributed by atoms with E-state index >= 15 is 0 Å². The number of carbonyl (C=O) groups is 1. The van der Waals surface area contributed by atoms with Crippen LogP contribution in [0.25, 0.3) is 16.6 Å². The molecule has 0 saturated heterocycles. The van der Waals surface area contributed by atoms with Crippen LogP contribution < -0.4 is 5.32 Å². The van der Waals surface area contributed by atoms with Crippen LogP contribution in [0.3, 0.4) is 0 Å². The third kappa shape index (κ3) is 5.49. The molecule has 3 aromatic rings. The number of hydrogen-bond donors (Lipinski definition) is 2. The van der Waals surface area contributed by atoms with Crippen molar-refractivity contribution >= 4 is 34.8 Å². The third-order valence-electron chi connectivity index (χ3n) is 4.20. The molecule has 0 amide bonds. The summed E-state index contributed by atoms with van der Waals surface area (Å²) in [5.74, 6) is -1.12. The van der Waals surface area contributed by atoms with Gasteiger partial charge in [-0.15, -0.1) is 11.3 Å². The van der Waals surface area contributed by atoms with Gasteiger partial charge in [-0.05, 0) is 19.1 Å². The van der Waals surface area contributed by atoms with Crippen molar-refractivity contribution in [2.75, 3.05) is 11.9 Å². The fraction of sp³-hybridized carbons (Fsp3) is 0.143. The maximum absolute atomic E-state index is 11.0. The number of nitro groups is 1. The van der Waals surface area contributed by atoms with Crippen LogP contribution in [0.1, 0.15) is 16.8 Å². The Morgan fingerprint density at radius 1 is 1.28 bits per heavy atom. The zero-order chi connectivity index (χ0) is 20.8. The quantitative estimate of drug-likeness (QED) is 0.315. The number of nitrogens with zero attached hydrogens (tertiary/aromatic N) is 2. The van der Waals surface area contributed by atoms with Crippen molar-refractivity contribution in [2.24, 2.45) is 0 Å². The summed E-state index contributed by atoms with van der Waals surface area (Å²) < 4.78 is 0.